The molecule has 6 amide bonds. The van der Waals surface area contributed by atoms with Crippen LogP contribution in [0.1, 0.15) is 101 Å². The molecule has 4 aromatic rings. The summed E-state index contributed by atoms with van der Waals surface area (Å²) >= 11 is 6.41. The summed E-state index contributed by atoms with van der Waals surface area (Å²) in [4.78, 5) is 74.8. The fourth-order valence-electron chi connectivity index (χ4n) is 9.04. The van der Waals surface area contributed by atoms with Crippen molar-refractivity contribution in [2.75, 3.05) is 50.5 Å². The molecule has 1 aliphatic carbocycles. The first-order valence-corrected chi connectivity index (χ1v) is 23.1. The van der Waals surface area contributed by atoms with Crippen molar-refractivity contribution >= 4 is 64.4 Å². The Bertz CT molecular complexity index is 2490. The Morgan fingerprint density at radius 2 is 1.68 bits per heavy atom. The summed E-state index contributed by atoms with van der Waals surface area (Å²) in [6, 6.07) is 20.8. The molecule has 2 saturated heterocycles. The molecule has 66 heavy (non-hydrogen) atoms. The van der Waals surface area contributed by atoms with Gasteiger partial charge in [0.2, 0.25) is 17.8 Å². The number of piperidine rings is 2. The van der Waals surface area contributed by atoms with Gasteiger partial charge in [-0.15, -0.1) is 0 Å². The number of carbonyl (C=O) groups excluding carboxylic acids is 5. The minimum atomic E-state index is -0.633. The summed E-state index contributed by atoms with van der Waals surface area (Å²) in [6.45, 7) is 3.60. The molecule has 0 spiro atoms. The Labute approximate surface area is 389 Å². The number of likely N-dealkylation sites (tertiary alicyclic amines) is 1. The molecule has 1 aromatic heterocycles. The number of ether oxygens (including phenoxy) is 1. The number of aromatic nitrogens is 2. The van der Waals surface area contributed by atoms with Crippen LogP contribution in [0.25, 0.3) is 0 Å². The van der Waals surface area contributed by atoms with E-state index in [0.717, 1.165) is 61.9 Å². The van der Waals surface area contributed by atoms with Crippen LogP contribution in [0.2, 0.25) is 5.02 Å². The Morgan fingerprint density at radius 3 is 2.45 bits per heavy atom. The maximum Gasteiger partial charge on any atom is 0.317 e. The van der Waals surface area contributed by atoms with E-state index >= 15 is 0 Å². The molecule has 3 aliphatic heterocycles. The lowest BCUT2D eigenvalue weighted by Crippen LogP contribution is -2.52. The van der Waals surface area contributed by atoms with Gasteiger partial charge in [-0.3, -0.25) is 24.5 Å². The van der Waals surface area contributed by atoms with Gasteiger partial charge in [0.05, 0.1) is 30.7 Å². The number of nitrogens with one attached hydrogen (secondary N) is 6. The molecule has 1 unspecified atom stereocenters. The number of imide groups is 1. The summed E-state index contributed by atoms with van der Waals surface area (Å²) in [5.41, 5.74) is 5.31. The molecule has 0 radical (unpaired) electrons. The van der Waals surface area contributed by atoms with Gasteiger partial charge in [-0.25, -0.2) is 9.78 Å². The Morgan fingerprint density at radius 1 is 0.909 bits per heavy atom. The SMILES string of the molecule is CNC(=O)c1ccccc1Nc1nc(Nc2ccc(C3CCN(C(=O)NC4CCC(NCCOCCC#Cc5ccc6c(c5)CN(C5CCC(=O)NC5=O)C6=O)CC4)CC3)cc2)ncc1Cl. The van der Waals surface area contributed by atoms with E-state index in [1.165, 1.54) is 11.8 Å². The highest BCUT2D eigenvalue weighted by Gasteiger charge is 2.39. The summed E-state index contributed by atoms with van der Waals surface area (Å²) in [5, 5.41) is 18.6. The van der Waals surface area contributed by atoms with Gasteiger partial charge in [0.1, 0.15) is 11.1 Å². The number of amides is 6. The average Bonchev–Trinajstić information content (AvgIpc) is 3.66. The van der Waals surface area contributed by atoms with Crippen molar-refractivity contribution in [3.05, 3.63) is 106 Å². The molecular weight excluding hydrogens is 860 g/mol. The predicted octanol–water partition coefficient (Wildman–Crippen LogP) is 5.99. The van der Waals surface area contributed by atoms with Gasteiger partial charge < -0.3 is 41.1 Å². The van der Waals surface area contributed by atoms with Crippen molar-refractivity contribution in [1.29, 1.82) is 0 Å². The van der Waals surface area contributed by atoms with E-state index in [1.807, 2.05) is 35.2 Å². The zero-order valence-electron chi connectivity index (χ0n) is 37.0. The first kappa shape index (κ1) is 46.0. The average molecular weight is 915 g/mol. The molecule has 6 N–H and O–H groups in total. The van der Waals surface area contributed by atoms with Crippen molar-refractivity contribution in [2.45, 2.75) is 88.4 Å². The van der Waals surface area contributed by atoms with E-state index in [4.69, 9.17) is 16.3 Å². The largest absolute Gasteiger partial charge is 0.379 e. The fraction of sp³-hybridized carbons (Fsp3) is 0.408. The maximum atomic E-state index is 13.2. The van der Waals surface area contributed by atoms with Gasteiger partial charge in [0.25, 0.3) is 11.8 Å². The van der Waals surface area contributed by atoms with Crippen LogP contribution in [0.5, 0.6) is 0 Å². The predicted molar refractivity (Wildman–Crippen MR) is 251 cm³/mol. The third-order valence-electron chi connectivity index (χ3n) is 12.7. The van der Waals surface area contributed by atoms with Gasteiger partial charge in [-0.1, -0.05) is 47.7 Å². The molecular formula is C49H55ClN10O6. The van der Waals surface area contributed by atoms with Gasteiger partial charge in [0.15, 0.2) is 5.82 Å². The first-order chi connectivity index (χ1) is 32.1. The van der Waals surface area contributed by atoms with Crippen LogP contribution < -0.4 is 31.9 Å². The molecule has 4 heterocycles. The number of benzene rings is 3. The quantitative estimate of drug-likeness (QED) is 0.0494. The van der Waals surface area contributed by atoms with Crippen molar-refractivity contribution in [2.24, 2.45) is 0 Å². The molecule has 0 bridgehead atoms. The Hall–Kier alpha value is -6.54. The number of urea groups is 1. The third-order valence-corrected chi connectivity index (χ3v) is 13.0. The van der Waals surface area contributed by atoms with Gasteiger partial charge in [-0.05, 0) is 104 Å². The van der Waals surface area contributed by atoms with Crippen LogP contribution in [0.15, 0.2) is 72.9 Å². The van der Waals surface area contributed by atoms with Crippen LogP contribution >= 0.6 is 11.6 Å². The molecule has 1 saturated carbocycles. The monoisotopic (exact) mass is 914 g/mol. The third kappa shape index (κ3) is 11.5. The number of carbonyl (C=O) groups is 5. The summed E-state index contributed by atoms with van der Waals surface area (Å²) in [6.07, 6.45) is 8.31. The Kier molecular flexibility index (Phi) is 15.1. The van der Waals surface area contributed by atoms with Crippen molar-refractivity contribution < 1.29 is 28.7 Å². The molecule has 17 heteroatoms. The zero-order chi connectivity index (χ0) is 46.0. The highest BCUT2D eigenvalue weighted by molar-refractivity contribution is 6.33. The number of halogens is 1. The topological polar surface area (TPSA) is 199 Å². The minimum absolute atomic E-state index is 0.0255. The number of para-hydroxylation sites is 1. The highest BCUT2D eigenvalue weighted by atomic mass is 35.5. The summed E-state index contributed by atoms with van der Waals surface area (Å²) < 4.78 is 5.82. The first-order valence-electron chi connectivity index (χ1n) is 22.7. The minimum Gasteiger partial charge on any atom is -0.379 e. The van der Waals surface area contributed by atoms with Gasteiger partial charge >= 0.3 is 6.03 Å². The second-order valence-corrected chi connectivity index (χ2v) is 17.4. The second kappa shape index (κ2) is 21.6. The molecule has 4 aliphatic rings. The van der Waals surface area contributed by atoms with E-state index in [0.29, 0.717) is 91.3 Å². The molecule has 8 rings (SSSR count). The standard InChI is InChI=1S/C49H55ClN10O6/c1-51-45(62)39-7-2-3-8-41(39)56-44-40(50)29-53-48(58-44)54-36-12-10-32(11-13-36)33-21-24-59(25-22-33)49(65)55-37-16-14-35(15-17-37)52-23-27-66-26-5-4-6-31-9-18-38-34(28-31)30-60(47(38)64)42-19-20-43(61)57-46(42)63/h2-3,7-13,18,28-29,33,35,37,42,52H,5,14-17,19-27,30H2,1H3,(H,51,62)(H,55,65)(H,57,61,63)(H2,53,54,56,58). The van der Waals surface area contributed by atoms with Crippen molar-refractivity contribution in [3.8, 4) is 11.8 Å². The van der Waals surface area contributed by atoms with Crippen LogP contribution in [-0.4, -0.2) is 107 Å². The number of hydrogen-bond donors (Lipinski definition) is 6. The highest BCUT2D eigenvalue weighted by Crippen LogP contribution is 2.32. The van der Waals surface area contributed by atoms with Crippen LogP contribution in [0.4, 0.5) is 27.9 Å². The van der Waals surface area contributed by atoms with Crippen LogP contribution in [0, 0.1) is 11.8 Å². The van der Waals surface area contributed by atoms with E-state index < -0.39 is 11.9 Å². The van der Waals surface area contributed by atoms with Crippen molar-refractivity contribution in [1.82, 2.24) is 41.0 Å². The molecule has 344 valence electrons. The number of nitrogens with zero attached hydrogens (tertiary/aromatic N) is 4. The van der Waals surface area contributed by atoms with E-state index in [1.54, 1.807) is 36.2 Å². The van der Waals surface area contributed by atoms with Crippen molar-refractivity contribution in [3.63, 3.8) is 0 Å². The lowest BCUT2D eigenvalue weighted by molar-refractivity contribution is -0.136. The number of rotatable bonds is 14. The number of hydrogen-bond acceptors (Lipinski definition) is 11. The number of anilines is 4. The summed E-state index contributed by atoms with van der Waals surface area (Å²) in [7, 11) is 1.58. The zero-order valence-corrected chi connectivity index (χ0v) is 37.7. The molecule has 1 atom stereocenters. The van der Waals surface area contributed by atoms with E-state index in [9.17, 15) is 24.0 Å². The van der Waals surface area contributed by atoms with Gasteiger partial charge in [0, 0.05) is 75.0 Å². The lowest BCUT2D eigenvalue weighted by Gasteiger charge is -2.35. The summed E-state index contributed by atoms with van der Waals surface area (Å²) in [5.74, 6) is 6.26. The van der Waals surface area contributed by atoms with Gasteiger partial charge in [-0.2, -0.15) is 4.98 Å². The van der Waals surface area contributed by atoms with E-state index in [2.05, 4.69) is 65.8 Å². The van der Waals surface area contributed by atoms with Crippen LogP contribution in [-0.2, 0) is 20.9 Å². The molecule has 16 nitrogen and oxygen atoms in total. The Balaban J connectivity index is 0.687. The second-order valence-electron chi connectivity index (χ2n) is 17.0. The van der Waals surface area contributed by atoms with Crippen LogP contribution in [0.3, 0.4) is 0 Å². The normalized spacial score (nSPS) is 19.6. The fourth-order valence-corrected chi connectivity index (χ4v) is 9.17. The molecule has 3 aromatic carbocycles. The van der Waals surface area contributed by atoms with E-state index in [-0.39, 0.29) is 36.2 Å². The molecule has 3 fully saturated rings. The smallest absolute Gasteiger partial charge is 0.317 e. The maximum absolute atomic E-state index is 13.2. The number of fused-ring (bicyclic) bond motifs is 1. The lowest BCUT2D eigenvalue weighted by atomic mass is 9.89.